The number of nitrogens with zero attached hydrogens (tertiary/aromatic N) is 1. The van der Waals surface area contributed by atoms with Gasteiger partial charge < -0.3 is 29.2 Å². The van der Waals surface area contributed by atoms with Gasteiger partial charge in [-0.3, -0.25) is 4.79 Å². The minimum Gasteiger partial charge on any atom is -0.485 e. The van der Waals surface area contributed by atoms with E-state index in [-0.39, 0.29) is 25.7 Å². The average molecular weight is 567 g/mol. The first-order chi connectivity index (χ1) is 20.6. The number of rotatable bonds is 11. The minimum atomic E-state index is -0.743. The van der Waals surface area contributed by atoms with Crippen LogP contribution in [0.1, 0.15) is 27.0 Å². The van der Waals surface area contributed by atoms with Crippen LogP contribution in [0.25, 0.3) is 0 Å². The van der Waals surface area contributed by atoms with Gasteiger partial charge in [0.05, 0.1) is 7.11 Å². The van der Waals surface area contributed by atoms with Crippen LogP contribution in [0.3, 0.4) is 0 Å². The number of amides is 1. The second-order valence-electron chi connectivity index (χ2n) is 9.87. The molecule has 0 saturated carbocycles. The second kappa shape index (κ2) is 14.2. The predicted molar refractivity (Wildman–Crippen MR) is 158 cm³/mol. The lowest BCUT2D eigenvalue weighted by Gasteiger charge is -2.34. The van der Waals surface area contributed by atoms with E-state index in [1.165, 1.54) is 12.0 Å². The summed E-state index contributed by atoms with van der Waals surface area (Å²) in [5.74, 6) is 0.337. The number of nitrogens with one attached hydrogen (secondary N) is 1. The van der Waals surface area contributed by atoms with Gasteiger partial charge in [-0.05, 0) is 28.8 Å². The topological polar surface area (TPSA) is 86.3 Å². The minimum absolute atomic E-state index is 0.261. The first kappa shape index (κ1) is 28.7. The van der Waals surface area contributed by atoms with Crippen molar-refractivity contribution in [3.8, 4) is 17.2 Å². The van der Waals surface area contributed by atoms with E-state index in [1.807, 2.05) is 91.0 Å². The quantitative estimate of drug-likeness (QED) is 0.256. The predicted octanol–water partition coefficient (Wildman–Crippen LogP) is 5.01. The molecule has 0 aromatic heterocycles. The Balaban J connectivity index is 1.52. The molecule has 42 heavy (non-hydrogen) atoms. The van der Waals surface area contributed by atoms with Crippen molar-refractivity contribution in [2.75, 3.05) is 26.7 Å². The van der Waals surface area contributed by atoms with Gasteiger partial charge >= 0.3 is 5.97 Å². The van der Waals surface area contributed by atoms with Crippen LogP contribution >= 0.6 is 0 Å². The first-order valence-electron chi connectivity index (χ1n) is 13.9. The molecule has 1 heterocycles. The summed E-state index contributed by atoms with van der Waals surface area (Å²) in [7, 11) is 1.32. The Kier molecular flexibility index (Phi) is 9.69. The number of methoxy groups -OCH3 is 1. The summed E-state index contributed by atoms with van der Waals surface area (Å²) in [5, 5.41) is 3.16. The van der Waals surface area contributed by atoms with Gasteiger partial charge in [0.1, 0.15) is 25.9 Å². The van der Waals surface area contributed by atoms with Gasteiger partial charge in [-0.15, -0.1) is 0 Å². The number of benzene rings is 4. The highest BCUT2D eigenvalue weighted by atomic mass is 16.5. The van der Waals surface area contributed by atoms with E-state index in [2.05, 4.69) is 5.32 Å². The zero-order valence-corrected chi connectivity index (χ0v) is 23.5. The SMILES string of the molecule is COC(=O)C1CNCCN1C(=O)c1cc(OCc2ccccc2)c(OCc2ccccc2)c(OCc2ccccc2)c1. The third-order valence-corrected chi connectivity index (χ3v) is 6.95. The van der Waals surface area contributed by atoms with E-state index < -0.39 is 12.0 Å². The molecule has 5 rings (SSSR count). The Labute approximate surface area is 245 Å². The lowest BCUT2D eigenvalue weighted by atomic mass is 10.1. The van der Waals surface area contributed by atoms with Gasteiger partial charge in [0.15, 0.2) is 11.5 Å². The van der Waals surface area contributed by atoms with Crippen molar-refractivity contribution in [1.29, 1.82) is 0 Å². The molecule has 1 N–H and O–H groups in total. The van der Waals surface area contributed by atoms with Crippen molar-refractivity contribution in [1.82, 2.24) is 10.2 Å². The van der Waals surface area contributed by atoms with E-state index >= 15 is 0 Å². The van der Waals surface area contributed by atoms with Crippen molar-refractivity contribution in [2.45, 2.75) is 25.9 Å². The fourth-order valence-electron chi connectivity index (χ4n) is 4.72. The lowest BCUT2D eigenvalue weighted by Crippen LogP contribution is -2.57. The smallest absolute Gasteiger partial charge is 0.329 e. The Morgan fingerprint density at radius 2 is 1.21 bits per heavy atom. The van der Waals surface area contributed by atoms with Gasteiger partial charge in [0.2, 0.25) is 5.75 Å². The highest BCUT2D eigenvalue weighted by Crippen LogP contribution is 2.41. The third kappa shape index (κ3) is 7.27. The molecule has 1 fully saturated rings. The van der Waals surface area contributed by atoms with Crippen molar-refractivity contribution in [3.05, 3.63) is 125 Å². The largest absolute Gasteiger partial charge is 0.485 e. The molecule has 1 atom stereocenters. The highest BCUT2D eigenvalue weighted by molar-refractivity contribution is 5.98. The molecule has 0 spiro atoms. The number of carbonyl (C=O) groups is 2. The summed E-state index contributed by atoms with van der Waals surface area (Å²) in [6.45, 7) is 2.02. The molecule has 0 bridgehead atoms. The van der Waals surface area contributed by atoms with Crippen LogP contribution in [0.4, 0.5) is 0 Å². The van der Waals surface area contributed by atoms with E-state index in [1.54, 1.807) is 12.1 Å². The second-order valence-corrected chi connectivity index (χ2v) is 9.87. The summed E-state index contributed by atoms with van der Waals surface area (Å²) in [5.41, 5.74) is 3.22. The van der Waals surface area contributed by atoms with Gasteiger partial charge in [-0.1, -0.05) is 91.0 Å². The molecule has 1 amide bonds. The number of hydrogen-bond donors (Lipinski definition) is 1. The van der Waals surface area contributed by atoms with Crippen LogP contribution in [-0.2, 0) is 29.4 Å². The molecule has 4 aromatic carbocycles. The summed E-state index contributed by atoms with van der Waals surface area (Å²) in [6.07, 6.45) is 0. The highest BCUT2D eigenvalue weighted by Gasteiger charge is 2.34. The molecule has 216 valence electrons. The van der Waals surface area contributed by atoms with Crippen LogP contribution in [0, 0.1) is 0 Å². The van der Waals surface area contributed by atoms with Crippen LogP contribution in [-0.4, -0.2) is 49.6 Å². The van der Waals surface area contributed by atoms with Gasteiger partial charge in [0.25, 0.3) is 5.91 Å². The fraction of sp³-hybridized carbons (Fsp3) is 0.235. The standard InChI is InChI=1S/C34H34N2O6/c1-39-34(38)29-21-35-17-18-36(29)33(37)28-19-30(40-22-25-11-5-2-6-12-25)32(42-24-27-15-9-4-10-16-27)31(20-28)41-23-26-13-7-3-8-14-26/h2-16,19-20,29,35H,17-18,21-24H2,1H3. The molecule has 4 aromatic rings. The van der Waals surface area contributed by atoms with Crippen LogP contribution in [0.5, 0.6) is 17.2 Å². The zero-order valence-electron chi connectivity index (χ0n) is 23.5. The molecular weight excluding hydrogens is 532 g/mol. The molecule has 0 aliphatic carbocycles. The van der Waals surface area contributed by atoms with Crippen LogP contribution in [0.15, 0.2) is 103 Å². The monoisotopic (exact) mass is 566 g/mol. The van der Waals surface area contributed by atoms with E-state index in [0.29, 0.717) is 42.4 Å². The van der Waals surface area contributed by atoms with Crippen molar-refractivity contribution in [2.24, 2.45) is 0 Å². The third-order valence-electron chi connectivity index (χ3n) is 6.95. The maximum Gasteiger partial charge on any atom is 0.329 e. The van der Waals surface area contributed by atoms with Crippen molar-refractivity contribution < 1.29 is 28.5 Å². The number of ether oxygens (including phenoxy) is 4. The van der Waals surface area contributed by atoms with Crippen molar-refractivity contribution >= 4 is 11.9 Å². The van der Waals surface area contributed by atoms with Gasteiger partial charge in [0, 0.05) is 25.2 Å². The molecule has 8 nitrogen and oxygen atoms in total. The van der Waals surface area contributed by atoms with E-state index in [4.69, 9.17) is 18.9 Å². The molecule has 0 radical (unpaired) electrons. The number of piperazine rings is 1. The molecule has 1 unspecified atom stereocenters. The van der Waals surface area contributed by atoms with Crippen molar-refractivity contribution in [3.63, 3.8) is 0 Å². The fourth-order valence-corrected chi connectivity index (χ4v) is 4.72. The molecular formula is C34H34N2O6. The van der Waals surface area contributed by atoms with Gasteiger partial charge in [-0.2, -0.15) is 0 Å². The summed E-state index contributed by atoms with van der Waals surface area (Å²) >= 11 is 0. The first-order valence-corrected chi connectivity index (χ1v) is 13.9. The molecule has 8 heteroatoms. The summed E-state index contributed by atoms with van der Waals surface area (Å²) < 4.78 is 23.9. The lowest BCUT2D eigenvalue weighted by molar-refractivity contribution is -0.146. The Morgan fingerprint density at radius 1 is 0.738 bits per heavy atom. The zero-order chi connectivity index (χ0) is 29.1. The number of carbonyl (C=O) groups excluding carboxylic acids is 2. The van der Waals surface area contributed by atoms with E-state index in [0.717, 1.165) is 16.7 Å². The van der Waals surface area contributed by atoms with Gasteiger partial charge in [-0.25, -0.2) is 4.79 Å². The number of hydrogen-bond acceptors (Lipinski definition) is 7. The summed E-state index contributed by atoms with van der Waals surface area (Å²) in [6, 6.07) is 31.9. The van der Waals surface area contributed by atoms with Crippen LogP contribution in [0.2, 0.25) is 0 Å². The van der Waals surface area contributed by atoms with E-state index in [9.17, 15) is 9.59 Å². The van der Waals surface area contributed by atoms with Crippen LogP contribution < -0.4 is 19.5 Å². The number of esters is 1. The summed E-state index contributed by atoms with van der Waals surface area (Å²) in [4.78, 5) is 28.0. The maximum absolute atomic E-state index is 13.9. The maximum atomic E-state index is 13.9. The molecule has 1 aliphatic heterocycles. The Morgan fingerprint density at radius 3 is 1.69 bits per heavy atom. The Hall–Kier alpha value is -4.82. The molecule has 1 aliphatic rings. The average Bonchev–Trinajstić information content (AvgIpc) is 3.06. The Bertz CT molecular complexity index is 1400. The molecule has 1 saturated heterocycles. The normalized spacial score (nSPS) is 14.6.